The summed E-state index contributed by atoms with van der Waals surface area (Å²) in [7, 11) is -9.72. The van der Waals surface area contributed by atoms with E-state index in [0.29, 0.717) is 12.1 Å². The predicted octanol–water partition coefficient (Wildman–Crippen LogP) is 6.01. The Labute approximate surface area is 130 Å². The van der Waals surface area contributed by atoms with E-state index in [1.807, 2.05) is 19.1 Å². The van der Waals surface area contributed by atoms with E-state index in [1.165, 1.54) is 6.07 Å². The van der Waals surface area contributed by atoms with E-state index in [9.17, 15) is 24.2 Å². The molecule has 23 heavy (non-hydrogen) atoms. The van der Waals surface area contributed by atoms with E-state index in [0.717, 1.165) is 17.2 Å². The second-order valence-corrected chi connectivity index (χ2v) is 7.90. The Morgan fingerprint density at radius 2 is 1.43 bits per heavy atom. The van der Waals surface area contributed by atoms with E-state index in [2.05, 4.69) is 0 Å². The second-order valence-electron chi connectivity index (χ2n) is 5.49. The van der Waals surface area contributed by atoms with Crippen LogP contribution in [0.3, 0.4) is 0 Å². The maximum Gasteiger partial charge on any atom is 0.310 e. The fourth-order valence-electron chi connectivity index (χ4n) is 2.12. The van der Waals surface area contributed by atoms with Crippen LogP contribution in [0, 0.1) is 6.92 Å². The number of aryl methyl sites for hydroxylation is 1. The smallest absolute Gasteiger partial charge is 0.299 e. The van der Waals surface area contributed by atoms with Crippen LogP contribution in [-0.2, 0) is 17.6 Å². The molecule has 0 unspecified atom stereocenters. The van der Waals surface area contributed by atoms with Gasteiger partial charge in [0.25, 0.3) is 0 Å². The van der Waals surface area contributed by atoms with Crippen molar-refractivity contribution >= 4 is 16.0 Å². The van der Waals surface area contributed by atoms with Gasteiger partial charge in [-0.1, -0.05) is 61.4 Å². The van der Waals surface area contributed by atoms with E-state index in [4.69, 9.17) is 0 Å². The average Bonchev–Trinajstić information content (AvgIpc) is 2.39. The molecule has 0 fully saturated rings. The molecule has 0 saturated heterocycles. The van der Waals surface area contributed by atoms with Crippen molar-refractivity contribution < 1.29 is 24.2 Å². The highest BCUT2D eigenvalue weighted by atomic mass is 32.5. The quantitative estimate of drug-likeness (QED) is 0.604. The van der Waals surface area contributed by atoms with Crippen molar-refractivity contribution in [2.75, 3.05) is 0 Å². The fraction of sp³-hybridized carbons (Fsp3) is 0.188. The Balaban J connectivity index is 2.15. The van der Waals surface area contributed by atoms with Crippen LogP contribution in [0.1, 0.15) is 16.7 Å². The summed E-state index contributed by atoms with van der Waals surface area (Å²) >= 11 is 0. The number of hydrogen-bond acceptors (Lipinski definition) is 1. The molecular formula is C16H15F5OS. The Morgan fingerprint density at radius 3 is 2.00 bits per heavy atom. The van der Waals surface area contributed by atoms with Gasteiger partial charge in [0, 0.05) is 12.8 Å². The third kappa shape index (κ3) is 5.06. The van der Waals surface area contributed by atoms with Gasteiger partial charge >= 0.3 is 10.2 Å². The van der Waals surface area contributed by atoms with E-state index >= 15 is 0 Å². The topological polar surface area (TPSA) is 17.1 Å². The molecule has 0 spiro atoms. The minimum Gasteiger partial charge on any atom is -0.299 e. The second kappa shape index (κ2) is 5.06. The third-order valence-electron chi connectivity index (χ3n) is 3.27. The van der Waals surface area contributed by atoms with Crippen LogP contribution in [0.2, 0.25) is 0 Å². The summed E-state index contributed by atoms with van der Waals surface area (Å²) in [5, 5.41) is 0. The third-order valence-corrected chi connectivity index (χ3v) is 4.41. The highest BCUT2D eigenvalue weighted by Crippen LogP contribution is 3.02. The molecule has 0 atom stereocenters. The van der Waals surface area contributed by atoms with E-state index in [1.54, 1.807) is 12.1 Å². The molecule has 0 aliphatic carbocycles. The van der Waals surface area contributed by atoms with Gasteiger partial charge < -0.3 is 0 Å². The summed E-state index contributed by atoms with van der Waals surface area (Å²) in [6.07, 6.45) is -0.281. The molecule has 0 aliphatic rings. The molecule has 0 heterocycles. The molecule has 2 rings (SSSR count). The van der Waals surface area contributed by atoms with Crippen LogP contribution in [-0.4, -0.2) is 5.78 Å². The summed E-state index contributed by atoms with van der Waals surface area (Å²) in [5.74, 6) is -0.340. The van der Waals surface area contributed by atoms with Crippen molar-refractivity contribution in [2.45, 2.75) is 24.7 Å². The molecule has 126 valence electrons. The van der Waals surface area contributed by atoms with Gasteiger partial charge in [0.05, 0.1) is 0 Å². The lowest BCUT2D eigenvalue weighted by Gasteiger charge is -2.40. The normalized spacial score (nSPS) is 14.9. The Hall–Kier alpha value is -1.89. The number of hydrogen-bond donors (Lipinski definition) is 0. The van der Waals surface area contributed by atoms with Crippen molar-refractivity contribution in [3.05, 3.63) is 65.2 Å². The molecule has 0 aliphatic heterocycles. The lowest BCUT2D eigenvalue weighted by molar-refractivity contribution is -0.117. The number of benzene rings is 2. The molecule has 0 aromatic heterocycles. The molecule has 7 heteroatoms. The number of carbonyl (C=O) groups is 1. The van der Waals surface area contributed by atoms with Crippen LogP contribution in [0.5, 0.6) is 0 Å². The van der Waals surface area contributed by atoms with Crippen LogP contribution in [0.25, 0.3) is 0 Å². The van der Waals surface area contributed by atoms with Crippen molar-refractivity contribution in [1.82, 2.24) is 0 Å². The fourth-order valence-corrected chi connectivity index (χ4v) is 2.83. The monoisotopic (exact) mass is 350 g/mol. The molecule has 1 nitrogen and oxygen atoms in total. The summed E-state index contributed by atoms with van der Waals surface area (Å²) in [6, 6.07) is 9.94. The molecule has 0 N–H and O–H groups in total. The highest BCUT2D eigenvalue weighted by molar-refractivity contribution is 8.45. The SMILES string of the molecule is Cc1ccc(CC(=O)Cc2cccc(S(F)(F)(F)(F)F)c2)cc1. The standard InChI is InChI=1S/C16H15F5OS/c1-12-5-7-13(8-6-12)9-15(22)10-14-3-2-4-16(11-14)23(17,18,19,20)21/h2-8,11H,9-10H2,1H3. The van der Waals surface area contributed by atoms with E-state index < -0.39 is 15.1 Å². The first-order chi connectivity index (χ1) is 10.3. The van der Waals surface area contributed by atoms with Crippen LogP contribution in [0.15, 0.2) is 53.4 Å². The number of ketones is 1. The largest absolute Gasteiger partial charge is 0.310 e. The molecule has 0 amide bonds. The zero-order valence-electron chi connectivity index (χ0n) is 12.2. The molecule has 2 aromatic carbocycles. The number of Topliss-reactive ketones (excluding diaryl/α,β-unsaturated/α-hetero) is 1. The first-order valence-corrected chi connectivity index (χ1v) is 8.69. The molecule has 2 aromatic rings. The van der Waals surface area contributed by atoms with Gasteiger partial charge in [0.15, 0.2) is 0 Å². The van der Waals surface area contributed by atoms with Gasteiger partial charge in [-0.2, -0.15) is 0 Å². The first kappa shape index (κ1) is 17.5. The van der Waals surface area contributed by atoms with Crippen LogP contribution < -0.4 is 0 Å². The van der Waals surface area contributed by atoms with Gasteiger partial charge in [-0.15, -0.1) is 0 Å². The van der Waals surface area contributed by atoms with Crippen molar-refractivity contribution in [3.63, 3.8) is 0 Å². The number of rotatable bonds is 5. The Kier molecular flexibility index (Phi) is 3.84. The summed E-state index contributed by atoms with van der Waals surface area (Å²) in [4.78, 5) is 9.96. The molecular weight excluding hydrogens is 335 g/mol. The summed E-state index contributed by atoms with van der Waals surface area (Å²) in [5.41, 5.74) is 1.67. The zero-order chi connectivity index (χ0) is 17.4. The maximum atomic E-state index is 12.8. The lowest BCUT2D eigenvalue weighted by atomic mass is 10.0. The summed E-state index contributed by atoms with van der Waals surface area (Å²) < 4.78 is 63.8. The summed E-state index contributed by atoms with van der Waals surface area (Å²) in [6.45, 7) is 1.89. The first-order valence-electron chi connectivity index (χ1n) is 6.74. The van der Waals surface area contributed by atoms with Crippen LogP contribution >= 0.6 is 10.2 Å². The molecule has 0 radical (unpaired) electrons. The van der Waals surface area contributed by atoms with Gasteiger partial charge in [-0.25, -0.2) is 0 Å². The van der Waals surface area contributed by atoms with Crippen molar-refractivity contribution in [1.29, 1.82) is 0 Å². The lowest BCUT2D eigenvalue weighted by Crippen LogP contribution is -2.09. The Bertz CT molecular complexity index is 735. The van der Waals surface area contributed by atoms with Gasteiger partial charge in [-0.05, 0) is 30.2 Å². The van der Waals surface area contributed by atoms with Gasteiger partial charge in [0.1, 0.15) is 10.7 Å². The highest BCUT2D eigenvalue weighted by Gasteiger charge is 2.65. The van der Waals surface area contributed by atoms with Crippen molar-refractivity contribution in [3.8, 4) is 0 Å². The maximum absolute atomic E-state index is 12.8. The number of carbonyl (C=O) groups excluding carboxylic acids is 1. The molecule has 0 saturated carbocycles. The van der Waals surface area contributed by atoms with Crippen molar-refractivity contribution in [2.24, 2.45) is 0 Å². The van der Waals surface area contributed by atoms with Gasteiger partial charge in [-0.3, -0.25) is 4.79 Å². The minimum atomic E-state index is -9.72. The van der Waals surface area contributed by atoms with Gasteiger partial charge in [0.2, 0.25) is 0 Å². The van der Waals surface area contributed by atoms with E-state index in [-0.39, 0.29) is 24.2 Å². The predicted molar refractivity (Wildman–Crippen MR) is 81.4 cm³/mol. The zero-order valence-corrected chi connectivity index (χ0v) is 13.1. The number of halogens is 5. The van der Waals surface area contributed by atoms with Crippen LogP contribution in [0.4, 0.5) is 19.4 Å². The average molecular weight is 350 g/mol. The molecule has 0 bridgehead atoms. The Morgan fingerprint density at radius 1 is 0.870 bits per heavy atom. The minimum absolute atomic E-state index is 0.0426.